The number of anilines is 1. The number of benzene rings is 1. The molecule has 1 aromatic carbocycles. The van der Waals surface area contributed by atoms with Crippen LogP contribution in [-0.2, 0) is 10.0 Å². The lowest BCUT2D eigenvalue weighted by molar-refractivity contribution is 0.0923. The van der Waals surface area contributed by atoms with Crippen LogP contribution >= 0.6 is 11.3 Å². The fourth-order valence-electron chi connectivity index (χ4n) is 3.34. The molecule has 1 aliphatic rings. The second kappa shape index (κ2) is 7.58. The third-order valence-corrected chi connectivity index (χ3v) is 6.00. The van der Waals surface area contributed by atoms with Crippen LogP contribution in [0, 0.1) is 5.92 Å². The van der Waals surface area contributed by atoms with Crippen LogP contribution in [0.25, 0.3) is 0 Å². The predicted octanol–water partition coefficient (Wildman–Crippen LogP) is 3.78. The molecule has 1 saturated carbocycles. The van der Waals surface area contributed by atoms with Crippen molar-refractivity contribution in [1.82, 2.24) is 5.32 Å². The topological polar surface area (TPSA) is 75.3 Å². The van der Waals surface area contributed by atoms with Crippen LogP contribution in [0.5, 0.6) is 0 Å². The zero-order valence-electron chi connectivity index (χ0n) is 14.1. The van der Waals surface area contributed by atoms with E-state index in [-0.39, 0.29) is 11.9 Å². The molecule has 0 unspecified atom stereocenters. The number of hydrogen-bond donors (Lipinski definition) is 2. The lowest BCUT2D eigenvalue weighted by atomic mass is 9.96. The Morgan fingerprint density at radius 3 is 2.60 bits per heavy atom. The van der Waals surface area contributed by atoms with Crippen molar-refractivity contribution in [2.24, 2.45) is 5.92 Å². The Morgan fingerprint density at radius 1 is 1.20 bits per heavy atom. The van der Waals surface area contributed by atoms with Gasteiger partial charge in [0.1, 0.15) is 0 Å². The molecule has 1 aliphatic carbocycles. The van der Waals surface area contributed by atoms with E-state index in [1.54, 1.807) is 35.6 Å². The first-order chi connectivity index (χ1) is 11.9. The molecule has 1 fully saturated rings. The maximum absolute atomic E-state index is 12.7. The van der Waals surface area contributed by atoms with Crippen molar-refractivity contribution >= 4 is 33.0 Å². The Balaban J connectivity index is 1.78. The van der Waals surface area contributed by atoms with Gasteiger partial charge in [0.25, 0.3) is 5.91 Å². The fraction of sp³-hybridized carbons (Fsp3) is 0.389. The number of carbonyl (C=O) groups is 1. The summed E-state index contributed by atoms with van der Waals surface area (Å²) in [6.45, 7) is 0. The highest BCUT2D eigenvalue weighted by molar-refractivity contribution is 7.92. The SMILES string of the molecule is CS(=O)(=O)Nc1cccc(C(=O)N[C@@H](c2cccs2)C2CCCC2)c1. The molecular weight excluding hydrogens is 356 g/mol. The zero-order valence-corrected chi connectivity index (χ0v) is 15.7. The summed E-state index contributed by atoms with van der Waals surface area (Å²) in [6, 6.07) is 10.7. The van der Waals surface area contributed by atoms with Gasteiger partial charge in [0.2, 0.25) is 10.0 Å². The molecule has 2 aromatic rings. The molecule has 5 nitrogen and oxygen atoms in total. The molecule has 25 heavy (non-hydrogen) atoms. The standard InChI is InChI=1S/C18H22N2O3S2/c1-25(22,23)20-15-9-4-8-14(12-15)18(21)19-17(13-6-2-3-7-13)16-10-5-11-24-16/h4-5,8-13,17,20H,2-3,6-7H2,1H3,(H,19,21)/t17-/m1/s1. The Morgan fingerprint density at radius 2 is 1.96 bits per heavy atom. The number of carbonyl (C=O) groups excluding carboxylic acids is 1. The highest BCUT2D eigenvalue weighted by atomic mass is 32.2. The minimum Gasteiger partial charge on any atom is -0.344 e. The Hall–Kier alpha value is -1.86. The summed E-state index contributed by atoms with van der Waals surface area (Å²) in [5, 5.41) is 5.19. The van der Waals surface area contributed by atoms with Crippen molar-refractivity contribution in [2.75, 3.05) is 11.0 Å². The van der Waals surface area contributed by atoms with Gasteiger partial charge in [0.05, 0.1) is 12.3 Å². The van der Waals surface area contributed by atoms with Crippen molar-refractivity contribution in [3.8, 4) is 0 Å². The number of sulfonamides is 1. The monoisotopic (exact) mass is 378 g/mol. The maximum Gasteiger partial charge on any atom is 0.251 e. The smallest absolute Gasteiger partial charge is 0.251 e. The van der Waals surface area contributed by atoms with Crippen LogP contribution in [0.2, 0.25) is 0 Å². The Kier molecular flexibility index (Phi) is 5.44. The van der Waals surface area contributed by atoms with Crippen molar-refractivity contribution < 1.29 is 13.2 Å². The Labute approximate surface area is 152 Å². The molecule has 3 rings (SSSR count). The first-order valence-corrected chi connectivity index (χ1v) is 11.1. The van der Waals surface area contributed by atoms with Gasteiger partial charge in [-0.15, -0.1) is 11.3 Å². The average molecular weight is 379 g/mol. The van der Waals surface area contributed by atoms with Crippen molar-refractivity contribution in [2.45, 2.75) is 31.7 Å². The molecule has 0 aliphatic heterocycles. The van der Waals surface area contributed by atoms with E-state index in [4.69, 9.17) is 0 Å². The summed E-state index contributed by atoms with van der Waals surface area (Å²) < 4.78 is 25.2. The average Bonchev–Trinajstić information content (AvgIpc) is 3.24. The van der Waals surface area contributed by atoms with Crippen molar-refractivity contribution in [3.63, 3.8) is 0 Å². The molecule has 1 heterocycles. The minimum atomic E-state index is -3.37. The normalized spacial score (nSPS) is 16.5. The number of amides is 1. The van der Waals surface area contributed by atoms with Crippen LogP contribution in [-0.4, -0.2) is 20.6 Å². The van der Waals surface area contributed by atoms with E-state index in [1.165, 1.54) is 17.7 Å². The first-order valence-electron chi connectivity index (χ1n) is 8.34. The fourth-order valence-corrected chi connectivity index (χ4v) is 4.77. The molecule has 1 aromatic heterocycles. The summed E-state index contributed by atoms with van der Waals surface area (Å²) in [7, 11) is -3.37. The highest BCUT2D eigenvalue weighted by Crippen LogP contribution is 2.37. The molecule has 0 spiro atoms. The second-order valence-electron chi connectivity index (χ2n) is 6.47. The number of thiophene rings is 1. The molecule has 7 heteroatoms. The summed E-state index contributed by atoms with van der Waals surface area (Å²) in [5.41, 5.74) is 0.844. The molecule has 1 amide bonds. The predicted molar refractivity (Wildman–Crippen MR) is 101 cm³/mol. The van der Waals surface area contributed by atoms with Crippen LogP contribution in [0.1, 0.15) is 47.0 Å². The molecular formula is C18H22N2O3S2. The van der Waals surface area contributed by atoms with E-state index in [9.17, 15) is 13.2 Å². The molecule has 0 saturated heterocycles. The van der Waals surface area contributed by atoms with Crippen LogP contribution < -0.4 is 10.0 Å². The Bertz CT molecular complexity index is 826. The molecule has 0 bridgehead atoms. The van der Waals surface area contributed by atoms with Gasteiger partial charge >= 0.3 is 0 Å². The van der Waals surface area contributed by atoms with Gasteiger partial charge in [-0.3, -0.25) is 9.52 Å². The lowest BCUT2D eigenvalue weighted by Gasteiger charge is -2.24. The van der Waals surface area contributed by atoms with Gasteiger partial charge in [0, 0.05) is 16.1 Å². The van der Waals surface area contributed by atoms with Gasteiger partial charge in [0.15, 0.2) is 0 Å². The van der Waals surface area contributed by atoms with Gasteiger partial charge < -0.3 is 5.32 Å². The van der Waals surface area contributed by atoms with Gasteiger partial charge in [-0.2, -0.15) is 0 Å². The second-order valence-corrected chi connectivity index (χ2v) is 9.19. The van der Waals surface area contributed by atoms with Crippen molar-refractivity contribution in [1.29, 1.82) is 0 Å². The van der Waals surface area contributed by atoms with E-state index in [0.717, 1.165) is 19.1 Å². The van der Waals surface area contributed by atoms with E-state index < -0.39 is 10.0 Å². The third-order valence-electron chi connectivity index (χ3n) is 4.44. The summed E-state index contributed by atoms with van der Waals surface area (Å²) in [6.07, 6.45) is 5.75. The summed E-state index contributed by atoms with van der Waals surface area (Å²) in [4.78, 5) is 13.9. The number of nitrogens with one attached hydrogen (secondary N) is 2. The lowest BCUT2D eigenvalue weighted by Crippen LogP contribution is -2.32. The number of hydrogen-bond acceptors (Lipinski definition) is 4. The molecule has 134 valence electrons. The van der Waals surface area contributed by atoms with Gasteiger partial charge in [-0.1, -0.05) is 25.0 Å². The maximum atomic E-state index is 12.7. The highest BCUT2D eigenvalue weighted by Gasteiger charge is 2.28. The van der Waals surface area contributed by atoms with Gasteiger partial charge in [-0.05, 0) is 48.4 Å². The summed E-state index contributed by atoms with van der Waals surface area (Å²) >= 11 is 1.66. The summed E-state index contributed by atoms with van der Waals surface area (Å²) in [5.74, 6) is 0.280. The third kappa shape index (κ3) is 4.83. The molecule has 2 N–H and O–H groups in total. The largest absolute Gasteiger partial charge is 0.344 e. The first kappa shape index (κ1) is 17.9. The van der Waals surface area contributed by atoms with E-state index >= 15 is 0 Å². The van der Waals surface area contributed by atoms with Crippen LogP contribution in [0.15, 0.2) is 41.8 Å². The van der Waals surface area contributed by atoms with E-state index in [2.05, 4.69) is 16.1 Å². The van der Waals surface area contributed by atoms with E-state index in [0.29, 0.717) is 17.2 Å². The quantitative estimate of drug-likeness (QED) is 0.803. The molecule has 1 atom stereocenters. The van der Waals surface area contributed by atoms with Gasteiger partial charge in [-0.25, -0.2) is 8.42 Å². The number of rotatable bonds is 6. The van der Waals surface area contributed by atoms with E-state index in [1.807, 2.05) is 11.4 Å². The zero-order chi connectivity index (χ0) is 17.9. The minimum absolute atomic E-state index is 0.0153. The van der Waals surface area contributed by atoms with Crippen LogP contribution in [0.3, 0.4) is 0 Å². The van der Waals surface area contributed by atoms with Crippen molar-refractivity contribution in [3.05, 3.63) is 52.2 Å². The van der Waals surface area contributed by atoms with Crippen LogP contribution in [0.4, 0.5) is 5.69 Å². The molecule has 0 radical (unpaired) electrons.